The molecule has 0 radical (unpaired) electrons. The predicted octanol–water partition coefficient (Wildman–Crippen LogP) is 4.45. The van der Waals surface area contributed by atoms with Crippen LogP contribution in [0.15, 0.2) is 24.3 Å². The molecule has 0 fully saturated rings. The summed E-state index contributed by atoms with van der Waals surface area (Å²) in [6.45, 7) is 5.33. The van der Waals surface area contributed by atoms with Gasteiger partial charge >= 0.3 is 0 Å². The average Bonchev–Trinajstić information content (AvgIpc) is 2.33. The van der Waals surface area contributed by atoms with E-state index in [-0.39, 0.29) is 11.9 Å². The van der Waals surface area contributed by atoms with Crippen molar-refractivity contribution in [2.45, 2.75) is 52.0 Å². The highest BCUT2D eigenvalue weighted by atomic mass is 19.1. The van der Waals surface area contributed by atoms with Crippen molar-refractivity contribution in [1.29, 1.82) is 0 Å². The Labute approximate surface area is 104 Å². The lowest BCUT2D eigenvalue weighted by molar-refractivity contribution is 0.528. The number of hydrogen-bond acceptors (Lipinski definition) is 1. The second kappa shape index (κ2) is 8.24. The van der Waals surface area contributed by atoms with Crippen LogP contribution in [0.5, 0.6) is 0 Å². The van der Waals surface area contributed by atoms with Crippen LogP contribution in [0.4, 0.5) is 4.39 Å². The summed E-state index contributed by atoms with van der Waals surface area (Å²) in [5.74, 6) is -0.154. The van der Waals surface area contributed by atoms with E-state index in [9.17, 15) is 4.39 Å². The van der Waals surface area contributed by atoms with Gasteiger partial charge in [0.25, 0.3) is 0 Å². The fourth-order valence-corrected chi connectivity index (χ4v) is 1.94. The number of rotatable bonds is 8. The van der Waals surface area contributed by atoms with Crippen LogP contribution in [0, 0.1) is 5.82 Å². The first kappa shape index (κ1) is 14.2. The van der Waals surface area contributed by atoms with Crippen molar-refractivity contribution in [2.75, 3.05) is 6.54 Å². The molecule has 0 heterocycles. The Morgan fingerprint density at radius 2 is 1.94 bits per heavy atom. The van der Waals surface area contributed by atoms with Gasteiger partial charge in [-0.15, -0.1) is 0 Å². The second-order valence-corrected chi connectivity index (χ2v) is 4.65. The number of halogens is 1. The summed E-state index contributed by atoms with van der Waals surface area (Å²) in [5.41, 5.74) is 1.03. The van der Waals surface area contributed by atoms with Crippen molar-refractivity contribution in [3.05, 3.63) is 35.6 Å². The van der Waals surface area contributed by atoms with Gasteiger partial charge in [-0.05, 0) is 37.6 Å². The number of unbranched alkanes of at least 4 members (excludes halogenated alkanes) is 4. The molecule has 0 spiro atoms. The Balaban J connectivity index is 2.19. The minimum Gasteiger partial charge on any atom is -0.310 e. The molecular weight excluding hydrogens is 213 g/mol. The van der Waals surface area contributed by atoms with Gasteiger partial charge in [0.15, 0.2) is 0 Å². The molecule has 0 bridgehead atoms. The summed E-state index contributed by atoms with van der Waals surface area (Å²) < 4.78 is 13.0. The maximum atomic E-state index is 13.0. The number of benzene rings is 1. The normalized spacial score (nSPS) is 12.6. The largest absolute Gasteiger partial charge is 0.310 e. The van der Waals surface area contributed by atoms with E-state index in [4.69, 9.17) is 0 Å². The molecule has 0 aliphatic heterocycles. The first-order chi connectivity index (χ1) is 8.24. The number of nitrogens with one attached hydrogen (secondary N) is 1. The molecule has 0 aliphatic carbocycles. The van der Waals surface area contributed by atoms with Gasteiger partial charge in [-0.3, -0.25) is 0 Å². The van der Waals surface area contributed by atoms with Gasteiger partial charge in [0.2, 0.25) is 0 Å². The lowest BCUT2D eigenvalue weighted by atomic mass is 10.1. The van der Waals surface area contributed by atoms with Crippen molar-refractivity contribution in [1.82, 2.24) is 5.32 Å². The van der Waals surface area contributed by atoms with E-state index in [1.807, 2.05) is 6.07 Å². The van der Waals surface area contributed by atoms with Gasteiger partial charge in [-0.1, -0.05) is 44.7 Å². The Bertz CT molecular complexity index is 312. The zero-order valence-corrected chi connectivity index (χ0v) is 11.0. The van der Waals surface area contributed by atoms with Crippen LogP contribution >= 0.6 is 0 Å². The predicted molar refractivity (Wildman–Crippen MR) is 71.6 cm³/mol. The molecule has 0 amide bonds. The van der Waals surface area contributed by atoms with E-state index in [0.717, 1.165) is 12.1 Å². The highest BCUT2D eigenvalue weighted by Gasteiger charge is 2.04. The van der Waals surface area contributed by atoms with Crippen LogP contribution in [0.1, 0.15) is 57.6 Å². The standard InChI is InChI=1S/C15H24FN/c1-3-4-5-6-7-11-17-13(2)14-9-8-10-15(16)12-14/h8-10,12-13,17H,3-7,11H2,1-2H3/t13-/m1/s1. The molecule has 0 aliphatic rings. The van der Waals surface area contributed by atoms with Crippen LogP contribution in [0.2, 0.25) is 0 Å². The molecule has 1 aromatic carbocycles. The van der Waals surface area contributed by atoms with E-state index >= 15 is 0 Å². The van der Waals surface area contributed by atoms with Crippen molar-refractivity contribution in [2.24, 2.45) is 0 Å². The molecule has 1 rings (SSSR count). The maximum Gasteiger partial charge on any atom is 0.123 e. The lowest BCUT2D eigenvalue weighted by Crippen LogP contribution is -2.19. The van der Waals surface area contributed by atoms with Gasteiger partial charge in [0, 0.05) is 6.04 Å². The van der Waals surface area contributed by atoms with Crippen LogP contribution in [0.25, 0.3) is 0 Å². The number of hydrogen-bond donors (Lipinski definition) is 1. The fraction of sp³-hybridized carbons (Fsp3) is 0.600. The van der Waals surface area contributed by atoms with E-state index in [1.54, 1.807) is 12.1 Å². The Morgan fingerprint density at radius 1 is 1.18 bits per heavy atom. The molecule has 0 aromatic heterocycles. The van der Waals surface area contributed by atoms with Crippen LogP contribution in [-0.2, 0) is 0 Å². The zero-order chi connectivity index (χ0) is 12.5. The summed E-state index contributed by atoms with van der Waals surface area (Å²) in [6.07, 6.45) is 6.44. The molecule has 0 saturated heterocycles. The van der Waals surface area contributed by atoms with E-state index < -0.39 is 0 Å². The Morgan fingerprint density at radius 3 is 2.65 bits per heavy atom. The van der Waals surface area contributed by atoms with E-state index in [2.05, 4.69) is 19.2 Å². The van der Waals surface area contributed by atoms with Crippen molar-refractivity contribution in [3.8, 4) is 0 Å². The zero-order valence-electron chi connectivity index (χ0n) is 11.0. The third-order valence-electron chi connectivity index (χ3n) is 3.08. The Kier molecular flexibility index (Phi) is 6.87. The maximum absolute atomic E-state index is 13.0. The van der Waals surface area contributed by atoms with Crippen LogP contribution in [0.3, 0.4) is 0 Å². The SMILES string of the molecule is CCCCCCCN[C@H](C)c1cccc(F)c1. The summed E-state index contributed by atoms with van der Waals surface area (Å²) in [7, 11) is 0. The van der Waals surface area contributed by atoms with Crippen molar-refractivity contribution in [3.63, 3.8) is 0 Å². The molecule has 1 atom stereocenters. The minimum absolute atomic E-state index is 0.154. The molecule has 0 unspecified atom stereocenters. The quantitative estimate of drug-likeness (QED) is 0.659. The molecule has 1 nitrogen and oxygen atoms in total. The van der Waals surface area contributed by atoms with Crippen LogP contribution in [-0.4, -0.2) is 6.54 Å². The molecule has 96 valence electrons. The average molecular weight is 237 g/mol. The van der Waals surface area contributed by atoms with Gasteiger partial charge in [-0.2, -0.15) is 0 Å². The van der Waals surface area contributed by atoms with Crippen molar-refractivity contribution < 1.29 is 4.39 Å². The molecular formula is C15H24FN. The summed E-state index contributed by atoms with van der Waals surface area (Å²) in [6, 6.07) is 7.06. The smallest absolute Gasteiger partial charge is 0.123 e. The third-order valence-corrected chi connectivity index (χ3v) is 3.08. The molecule has 0 saturated carbocycles. The topological polar surface area (TPSA) is 12.0 Å². The third kappa shape index (κ3) is 5.83. The van der Waals surface area contributed by atoms with Crippen LogP contribution < -0.4 is 5.32 Å². The lowest BCUT2D eigenvalue weighted by Gasteiger charge is -2.14. The molecule has 2 heteroatoms. The molecule has 17 heavy (non-hydrogen) atoms. The highest BCUT2D eigenvalue weighted by Crippen LogP contribution is 2.13. The van der Waals surface area contributed by atoms with Gasteiger partial charge < -0.3 is 5.32 Å². The van der Waals surface area contributed by atoms with Gasteiger partial charge in [-0.25, -0.2) is 4.39 Å². The van der Waals surface area contributed by atoms with E-state index in [1.165, 1.54) is 38.2 Å². The monoisotopic (exact) mass is 237 g/mol. The first-order valence-corrected chi connectivity index (χ1v) is 6.73. The minimum atomic E-state index is -0.154. The second-order valence-electron chi connectivity index (χ2n) is 4.65. The van der Waals surface area contributed by atoms with E-state index in [0.29, 0.717) is 0 Å². The fourth-order valence-electron chi connectivity index (χ4n) is 1.94. The summed E-state index contributed by atoms with van der Waals surface area (Å²) in [5, 5.41) is 3.44. The van der Waals surface area contributed by atoms with Gasteiger partial charge in [0.1, 0.15) is 5.82 Å². The summed E-state index contributed by atoms with van der Waals surface area (Å²) in [4.78, 5) is 0. The molecule has 1 N–H and O–H groups in total. The summed E-state index contributed by atoms with van der Waals surface area (Å²) >= 11 is 0. The van der Waals surface area contributed by atoms with Crippen molar-refractivity contribution >= 4 is 0 Å². The van der Waals surface area contributed by atoms with Gasteiger partial charge in [0.05, 0.1) is 0 Å². The molecule has 1 aromatic rings. The first-order valence-electron chi connectivity index (χ1n) is 6.73. The Hall–Kier alpha value is -0.890. The highest BCUT2D eigenvalue weighted by molar-refractivity contribution is 5.19.